The Labute approximate surface area is 111 Å². The predicted molar refractivity (Wildman–Crippen MR) is 73.7 cm³/mol. The number of rotatable bonds is 4. The number of carbonyl (C=O) groups excluding carboxylic acids is 1. The normalized spacial score (nSPS) is 11.4. The summed E-state index contributed by atoms with van der Waals surface area (Å²) in [5.41, 5.74) is 6.17. The summed E-state index contributed by atoms with van der Waals surface area (Å²) in [7, 11) is 1.79. The Morgan fingerprint density at radius 2 is 2.00 bits per heavy atom. The molecule has 0 aliphatic rings. The number of nitrogens with two attached hydrogens (primary N) is 1. The molecule has 1 amide bonds. The molecule has 0 atom stereocenters. The molecule has 0 fully saturated rings. The van der Waals surface area contributed by atoms with Gasteiger partial charge in [0.1, 0.15) is 0 Å². The van der Waals surface area contributed by atoms with Gasteiger partial charge in [-0.2, -0.15) is 0 Å². The first kappa shape index (κ1) is 14.2. The fraction of sp³-hybridized carbons (Fsp3) is 0.462. The minimum absolute atomic E-state index is 0.0375. The number of halogens is 1. The first-order valence-electron chi connectivity index (χ1n) is 5.60. The molecule has 0 aromatic heterocycles. The third-order valence-corrected chi connectivity index (χ3v) is 3.35. The van der Waals surface area contributed by atoms with E-state index in [1.54, 1.807) is 25.8 Å². The molecule has 0 spiro atoms. The Morgan fingerprint density at radius 3 is 2.53 bits per heavy atom. The lowest BCUT2D eigenvalue weighted by molar-refractivity contribution is -0.134. The largest absolute Gasteiger partial charge is 0.344 e. The van der Waals surface area contributed by atoms with Crippen molar-refractivity contribution in [2.24, 2.45) is 5.73 Å². The standard InChI is InChI=1S/C13H19BrN2O/c1-13(2,15)12(17)16(3)9-8-10-6-4-5-7-11(10)14/h4-7H,8-9,15H2,1-3H3. The summed E-state index contributed by atoms with van der Waals surface area (Å²) in [4.78, 5) is 13.5. The highest BCUT2D eigenvalue weighted by molar-refractivity contribution is 9.10. The molecule has 1 aromatic rings. The van der Waals surface area contributed by atoms with E-state index in [1.807, 2.05) is 18.2 Å². The van der Waals surface area contributed by atoms with Crippen LogP contribution in [0.25, 0.3) is 0 Å². The average Bonchev–Trinajstić information content (AvgIpc) is 2.25. The summed E-state index contributed by atoms with van der Waals surface area (Å²) in [6.07, 6.45) is 0.819. The van der Waals surface area contributed by atoms with Crippen LogP contribution in [0.5, 0.6) is 0 Å². The van der Waals surface area contributed by atoms with Gasteiger partial charge in [0, 0.05) is 18.1 Å². The van der Waals surface area contributed by atoms with Crippen LogP contribution in [-0.4, -0.2) is 29.9 Å². The molecular formula is C13H19BrN2O. The van der Waals surface area contributed by atoms with E-state index in [0.717, 1.165) is 10.9 Å². The zero-order valence-electron chi connectivity index (χ0n) is 10.5. The van der Waals surface area contributed by atoms with E-state index in [9.17, 15) is 4.79 Å². The molecule has 1 rings (SSSR count). The number of nitrogens with zero attached hydrogens (tertiary/aromatic N) is 1. The second-order valence-corrected chi connectivity index (χ2v) is 5.64. The van der Waals surface area contributed by atoms with Gasteiger partial charge >= 0.3 is 0 Å². The van der Waals surface area contributed by atoms with Gasteiger partial charge < -0.3 is 10.6 Å². The Morgan fingerprint density at radius 1 is 1.41 bits per heavy atom. The van der Waals surface area contributed by atoms with Crippen molar-refractivity contribution in [3.8, 4) is 0 Å². The topological polar surface area (TPSA) is 46.3 Å². The molecular weight excluding hydrogens is 280 g/mol. The smallest absolute Gasteiger partial charge is 0.241 e. The van der Waals surface area contributed by atoms with Crippen LogP contribution in [0.3, 0.4) is 0 Å². The lowest BCUT2D eigenvalue weighted by Crippen LogP contribution is -2.50. The van der Waals surface area contributed by atoms with Gasteiger partial charge in [-0.1, -0.05) is 34.1 Å². The fourth-order valence-electron chi connectivity index (χ4n) is 1.58. The third-order valence-electron chi connectivity index (χ3n) is 2.57. The van der Waals surface area contributed by atoms with Crippen molar-refractivity contribution in [3.63, 3.8) is 0 Å². The molecule has 1 aromatic carbocycles. The summed E-state index contributed by atoms with van der Waals surface area (Å²) >= 11 is 3.49. The molecule has 0 heterocycles. The minimum atomic E-state index is -0.803. The van der Waals surface area contributed by atoms with Gasteiger partial charge in [0.05, 0.1) is 5.54 Å². The van der Waals surface area contributed by atoms with Crippen molar-refractivity contribution >= 4 is 21.8 Å². The maximum atomic E-state index is 11.9. The van der Waals surface area contributed by atoms with Crippen molar-refractivity contribution in [1.82, 2.24) is 4.90 Å². The highest BCUT2D eigenvalue weighted by atomic mass is 79.9. The van der Waals surface area contributed by atoms with Gasteiger partial charge in [0.15, 0.2) is 0 Å². The Hall–Kier alpha value is -0.870. The summed E-state index contributed by atoms with van der Waals surface area (Å²) < 4.78 is 1.08. The van der Waals surface area contributed by atoms with Crippen LogP contribution in [0.2, 0.25) is 0 Å². The maximum Gasteiger partial charge on any atom is 0.241 e. The zero-order valence-corrected chi connectivity index (χ0v) is 12.1. The number of likely N-dealkylation sites (N-methyl/N-ethyl adjacent to an activating group) is 1. The molecule has 0 aliphatic heterocycles. The van der Waals surface area contributed by atoms with Crippen LogP contribution in [0.4, 0.5) is 0 Å². The highest BCUT2D eigenvalue weighted by Crippen LogP contribution is 2.16. The molecule has 3 nitrogen and oxygen atoms in total. The van der Waals surface area contributed by atoms with E-state index in [1.165, 1.54) is 5.56 Å². The Bertz CT molecular complexity index is 399. The van der Waals surface area contributed by atoms with Gasteiger partial charge in [0.2, 0.25) is 5.91 Å². The summed E-state index contributed by atoms with van der Waals surface area (Å²) in [5, 5.41) is 0. The van der Waals surface area contributed by atoms with Crippen LogP contribution in [0.15, 0.2) is 28.7 Å². The summed E-state index contributed by atoms with van der Waals surface area (Å²) in [6.45, 7) is 4.12. The molecule has 0 saturated heterocycles. The van der Waals surface area contributed by atoms with Gasteiger partial charge in [-0.05, 0) is 31.9 Å². The molecule has 0 saturated carbocycles. The summed E-state index contributed by atoms with van der Waals surface area (Å²) in [6, 6.07) is 8.03. The second kappa shape index (κ2) is 5.65. The van der Waals surface area contributed by atoms with Crippen molar-refractivity contribution in [2.75, 3.05) is 13.6 Å². The van der Waals surface area contributed by atoms with E-state index < -0.39 is 5.54 Å². The number of amides is 1. The van der Waals surface area contributed by atoms with Crippen LogP contribution < -0.4 is 5.73 Å². The molecule has 17 heavy (non-hydrogen) atoms. The number of hydrogen-bond acceptors (Lipinski definition) is 2. The second-order valence-electron chi connectivity index (χ2n) is 4.79. The third kappa shape index (κ3) is 4.13. The molecule has 0 unspecified atom stereocenters. The molecule has 2 N–H and O–H groups in total. The highest BCUT2D eigenvalue weighted by Gasteiger charge is 2.25. The molecule has 94 valence electrons. The van der Waals surface area contributed by atoms with E-state index >= 15 is 0 Å². The van der Waals surface area contributed by atoms with E-state index in [0.29, 0.717) is 6.54 Å². The monoisotopic (exact) mass is 298 g/mol. The maximum absolute atomic E-state index is 11.9. The van der Waals surface area contributed by atoms with Crippen LogP contribution in [-0.2, 0) is 11.2 Å². The molecule has 0 aliphatic carbocycles. The SMILES string of the molecule is CN(CCc1ccccc1Br)C(=O)C(C)(C)N. The van der Waals surface area contributed by atoms with Gasteiger partial charge in [-0.15, -0.1) is 0 Å². The quantitative estimate of drug-likeness (QED) is 0.926. The zero-order chi connectivity index (χ0) is 13.1. The number of hydrogen-bond donors (Lipinski definition) is 1. The van der Waals surface area contributed by atoms with E-state index in [-0.39, 0.29) is 5.91 Å². The number of carbonyl (C=O) groups is 1. The average molecular weight is 299 g/mol. The Kier molecular flexibility index (Phi) is 4.71. The van der Waals surface area contributed by atoms with Crippen molar-refractivity contribution in [2.45, 2.75) is 25.8 Å². The van der Waals surface area contributed by atoms with E-state index in [2.05, 4.69) is 22.0 Å². The van der Waals surface area contributed by atoms with E-state index in [4.69, 9.17) is 5.73 Å². The van der Waals surface area contributed by atoms with Crippen molar-refractivity contribution in [1.29, 1.82) is 0 Å². The van der Waals surface area contributed by atoms with Crippen LogP contribution >= 0.6 is 15.9 Å². The predicted octanol–water partition coefficient (Wildman–Crippen LogP) is 2.19. The Balaban J connectivity index is 2.58. The lowest BCUT2D eigenvalue weighted by Gasteiger charge is -2.26. The molecule has 4 heteroatoms. The van der Waals surface area contributed by atoms with Gasteiger partial charge in [-0.25, -0.2) is 0 Å². The van der Waals surface area contributed by atoms with Gasteiger partial charge in [0.25, 0.3) is 0 Å². The van der Waals surface area contributed by atoms with Crippen molar-refractivity contribution in [3.05, 3.63) is 34.3 Å². The van der Waals surface area contributed by atoms with Crippen LogP contribution in [0.1, 0.15) is 19.4 Å². The molecule has 0 radical (unpaired) electrons. The van der Waals surface area contributed by atoms with Crippen molar-refractivity contribution < 1.29 is 4.79 Å². The van der Waals surface area contributed by atoms with Gasteiger partial charge in [-0.3, -0.25) is 4.79 Å². The summed E-state index contributed by atoms with van der Waals surface area (Å²) in [5.74, 6) is -0.0375. The molecule has 0 bridgehead atoms. The van der Waals surface area contributed by atoms with Crippen LogP contribution in [0, 0.1) is 0 Å². The first-order chi connectivity index (χ1) is 7.82. The lowest BCUT2D eigenvalue weighted by atomic mass is 10.1. The first-order valence-corrected chi connectivity index (χ1v) is 6.39. The minimum Gasteiger partial charge on any atom is -0.344 e. The number of benzene rings is 1. The fourth-order valence-corrected chi connectivity index (χ4v) is 2.07.